The summed E-state index contributed by atoms with van der Waals surface area (Å²) < 4.78 is 39.3. The van der Waals surface area contributed by atoms with Gasteiger partial charge >= 0.3 is 0 Å². The second-order valence-corrected chi connectivity index (χ2v) is 7.96. The Hall–Kier alpha value is -1.73. The van der Waals surface area contributed by atoms with Crippen molar-refractivity contribution in [2.24, 2.45) is 0 Å². The van der Waals surface area contributed by atoms with E-state index in [1.54, 1.807) is 24.3 Å². The molecule has 0 N–H and O–H groups in total. The van der Waals surface area contributed by atoms with Gasteiger partial charge in [0.1, 0.15) is 6.10 Å². The molecule has 3 atom stereocenters. The van der Waals surface area contributed by atoms with Crippen LogP contribution in [0.15, 0.2) is 59.5 Å². The molecule has 1 aliphatic rings. The van der Waals surface area contributed by atoms with Crippen molar-refractivity contribution in [1.82, 2.24) is 4.31 Å². The van der Waals surface area contributed by atoms with E-state index in [-0.39, 0.29) is 17.0 Å². The number of rotatable bonds is 5. The van der Waals surface area contributed by atoms with Crippen molar-refractivity contribution in [1.29, 1.82) is 0 Å². The van der Waals surface area contributed by atoms with E-state index < -0.39 is 16.4 Å². The molecule has 1 heterocycles. The summed E-state index contributed by atoms with van der Waals surface area (Å²) >= 11 is 0. The van der Waals surface area contributed by atoms with Crippen molar-refractivity contribution in [3.63, 3.8) is 0 Å². The Bertz CT molecular complexity index is 805. The van der Waals surface area contributed by atoms with E-state index in [4.69, 9.17) is 9.47 Å². The van der Waals surface area contributed by atoms with Gasteiger partial charge in [0.05, 0.1) is 10.9 Å². The summed E-state index contributed by atoms with van der Waals surface area (Å²) in [6, 6.07) is 16.1. The van der Waals surface area contributed by atoms with Gasteiger partial charge in [-0.05, 0) is 38.5 Å². The fourth-order valence-corrected chi connectivity index (χ4v) is 4.65. The topological polar surface area (TPSA) is 55.8 Å². The average Bonchev–Trinajstić information content (AvgIpc) is 2.93. The molecule has 0 aromatic heterocycles. The zero-order chi connectivity index (χ0) is 18.0. The van der Waals surface area contributed by atoms with Gasteiger partial charge in [-0.1, -0.05) is 48.0 Å². The quantitative estimate of drug-likeness (QED) is 0.818. The van der Waals surface area contributed by atoms with Crippen molar-refractivity contribution >= 4 is 10.0 Å². The van der Waals surface area contributed by atoms with Gasteiger partial charge in [-0.3, -0.25) is 0 Å². The molecule has 0 spiro atoms. The molecule has 134 valence electrons. The maximum atomic E-state index is 13.2. The minimum Gasteiger partial charge on any atom is -0.339 e. The first-order valence-corrected chi connectivity index (χ1v) is 9.81. The molecule has 0 bridgehead atoms. The minimum absolute atomic E-state index is 0.243. The molecule has 5 nitrogen and oxygen atoms in total. The third-order valence-corrected chi connectivity index (χ3v) is 6.27. The Morgan fingerprint density at radius 2 is 1.72 bits per heavy atom. The Morgan fingerprint density at radius 1 is 1.08 bits per heavy atom. The molecule has 25 heavy (non-hydrogen) atoms. The lowest BCUT2D eigenvalue weighted by Crippen LogP contribution is -2.42. The van der Waals surface area contributed by atoms with E-state index in [1.165, 1.54) is 4.31 Å². The van der Waals surface area contributed by atoms with Gasteiger partial charge in [-0.15, -0.1) is 4.31 Å². The standard InChI is InChI=1S/C19H23NO4S/c1-4-23-19-20(25(21,22)17-12-10-14(2)11-13-17)15(3)18(24-19)16-8-6-5-7-9-16/h5-13,15,18-19H,4H2,1-3H3/t15-,18+,19+/m0/s1. The predicted octanol–water partition coefficient (Wildman–Crippen LogP) is 3.47. The van der Waals surface area contributed by atoms with E-state index in [0.29, 0.717) is 6.61 Å². The van der Waals surface area contributed by atoms with Crippen LogP contribution in [0, 0.1) is 6.92 Å². The molecule has 6 heteroatoms. The SMILES string of the molecule is CCO[C@@H]1O[C@@H](c2ccccc2)[C@H](C)N1S(=O)(=O)c1ccc(C)cc1. The van der Waals surface area contributed by atoms with Gasteiger partial charge in [-0.2, -0.15) is 0 Å². The van der Waals surface area contributed by atoms with Crippen LogP contribution in [0.4, 0.5) is 0 Å². The molecular formula is C19H23NO4S. The van der Waals surface area contributed by atoms with Crippen molar-refractivity contribution in [3.8, 4) is 0 Å². The maximum absolute atomic E-state index is 13.2. The van der Waals surface area contributed by atoms with Crippen LogP contribution in [-0.4, -0.2) is 31.8 Å². The van der Waals surface area contributed by atoms with Crippen LogP contribution in [0.2, 0.25) is 0 Å². The molecule has 3 rings (SSSR count). The Labute approximate surface area is 149 Å². The number of benzene rings is 2. The Kier molecular flexibility index (Phi) is 5.24. The van der Waals surface area contributed by atoms with E-state index >= 15 is 0 Å². The molecule has 0 aliphatic carbocycles. The summed E-state index contributed by atoms with van der Waals surface area (Å²) in [7, 11) is -3.73. The van der Waals surface area contributed by atoms with E-state index in [9.17, 15) is 8.42 Å². The number of hydrogen-bond acceptors (Lipinski definition) is 4. The molecule has 0 radical (unpaired) electrons. The van der Waals surface area contributed by atoms with Crippen LogP contribution in [0.5, 0.6) is 0 Å². The molecule has 0 saturated carbocycles. The van der Waals surface area contributed by atoms with Gasteiger partial charge in [-0.25, -0.2) is 8.42 Å². The fraction of sp³-hybridized carbons (Fsp3) is 0.368. The molecule has 1 fully saturated rings. The van der Waals surface area contributed by atoms with Gasteiger partial charge in [0.25, 0.3) is 0 Å². The first-order chi connectivity index (χ1) is 11.9. The lowest BCUT2D eigenvalue weighted by atomic mass is 10.0. The highest BCUT2D eigenvalue weighted by Gasteiger charge is 2.48. The number of ether oxygens (including phenoxy) is 2. The number of aryl methyl sites for hydroxylation is 1. The van der Waals surface area contributed by atoms with Crippen molar-refractivity contribution < 1.29 is 17.9 Å². The Morgan fingerprint density at radius 3 is 2.32 bits per heavy atom. The summed E-state index contributed by atoms with van der Waals surface area (Å²) in [5.74, 6) is 0. The van der Waals surface area contributed by atoms with Crippen molar-refractivity contribution in [3.05, 3.63) is 65.7 Å². The van der Waals surface area contributed by atoms with Crippen LogP contribution < -0.4 is 0 Å². The first-order valence-electron chi connectivity index (χ1n) is 8.37. The predicted molar refractivity (Wildman–Crippen MR) is 95.3 cm³/mol. The van der Waals surface area contributed by atoms with Crippen molar-refractivity contribution in [2.45, 2.75) is 44.2 Å². The summed E-state index contributed by atoms with van der Waals surface area (Å²) in [6.07, 6.45) is -1.31. The zero-order valence-electron chi connectivity index (χ0n) is 14.6. The van der Waals surface area contributed by atoms with E-state index in [1.807, 2.05) is 51.1 Å². The molecule has 2 aromatic carbocycles. The second kappa shape index (κ2) is 7.25. The van der Waals surface area contributed by atoms with Crippen LogP contribution >= 0.6 is 0 Å². The average molecular weight is 361 g/mol. The van der Waals surface area contributed by atoms with Crippen LogP contribution in [0.25, 0.3) is 0 Å². The minimum atomic E-state index is -3.73. The normalized spacial score (nSPS) is 24.5. The summed E-state index contributed by atoms with van der Waals surface area (Å²) in [4.78, 5) is 0.243. The lowest BCUT2D eigenvalue weighted by Gasteiger charge is -2.25. The highest BCUT2D eigenvalue weighted by Crippen LogP contribution is 2.38. The van der Waals surface area contributed by atoms with E-state index in [2.05, 4.69) is 0 Å². The van der Waals surface area contributed by atoms with Crippen molar-refractivity contribution in [2.75, 3.05) is 6.61 Å². The molecular weight excluding hydrogens is 338 g/mol. The summed E-state index contributed by atoms with van der Waals surface area (Å²) in [6.45, 7) is 5.95. The molecule has 0 amide bonds. The lowest BCUT2D eigenvalue weighted by molar-refractivity contribution is -0.165. The largest absolute Gasteiger partial charge is 0.339 e. The molecule has 1 aliphatic heterocycles. The first kappa shape index (κ1) is 18.1. The summed E-state index contributed by atoms with van der Waals surface area (Å²) in [5, 5.41) is 0. The smallest absolute Gasteiger partial charge is 0.247 e. The number of nitrogens with zero attached hydrogens (tertiary/aromatic N) is 1. The van der Waals surface area contributed by atoms with Crippen LogP contribution in [-0.2, 0) is 19.5 Å². The zero-order valence-corrected chi connectivity index (χ0v) is 15.4. The Balaban J connectivity index is 1.98. The second-order valence-electron chi connectivity index (χ2n) is 6.12. The molecule has 1 saturated heterocycles. The van der Waals surface area contributed by atoms with Crippen LogP contribution in [0.3, 0.4) is 0 Å². The summed E-state index contributed by atoms with van der Waals surface area (Å²) in [5.41, 5.74) is 1.94. The van der Waals surface area contributed by atoms with Crippen LogP contribution in [0.1, 0.15) is 31.1 Å². The molecule has 2 aromatic rings. The highest BCUT2D eigenvalue weighted by molar-refractivity contribution is 7.89. The molecule has 0 unspecified atom stereocenters. The monoisotopic (exact) mass is 361 g/mol. The van der Waals surface area contributed by atoms with Gasteiger partial charge in [0, 0.05) is 6.61 Å². The van der Waals surface area contributed by atoms with Gasteiger partial charge in [0.15, 0.2) is 0 Å². The maximum Gasteiger partial charge on any atom is 0.247 e. The van der Waals surface area contributed by atoms with Gasteiger partial charge in [0.2, 0.25) is 16.4 Å². The highest BCUT2D eigenvalue weighted by atomic mass is 32.2. The number of sulfonamides is 1. The number of hydrogen-bond donors (Lipinski definition) is 0. The fourth-order valence-electron chi connectivity index (χ4n) is 3.04. The van der Waals surface area contributed by atoms with Gasteiger partial charge < -0.3 is 9.47 Å². The third-order valence-electron chi connectivity index (χ3n) is 4.34. The van der Waals surface area contributed by atoms with E-state index in [0.717, 1.165) is 11.1 Å². The third kappa shape index (κ3) is 3.48.